The van der Waals surface area contributed by atoms with Crippen LogP contribution in [0.3, 0.4) is 0 Å². The Hall–Kier alpha value is -6.93. The molecule has 0 fully saturated rings. The number of para-hydroxylation sites is 3. The molecule has 1 spiro atoms. The molecular formula is C51H31N3S. The maximum atomic E-state index is 10.5. The molecule has 0 atom stereocenters. The van der Waals surface area contributed by atoms with Gasteiger partial charge in [0, 0.05) is 26.6 Å². The topological polar surface area (TPSA) is 41.6 Å². The van der Waals surface area contributed by atoms with E-state index in [1.807, 2.05) is 36.0 Å². The van der Waals surface area contributed by atoms with Gasteiger partial charge in [-0.2, -0.15) is 5.26 Å². The third-order valence-corrected chi connectivity index (χ3v) is 12.5. The minimum atomic E-state index is -0.521. The Kier molecular flexibility index (Phi) is 7.07. The molecule has 0 unspecified atom stereocenters. The van der Waals surface area contributed by atoms with E-state index in [9.17, 15) is 5.26 Å². The Morgan fingerprint density at radius 3 is 1.80 bits per heavy atom. The van der Waals surface area contributed by atoms with Crippen molar-refractivity contribution in [2.24, 2.45) is 0 Å². The number of nitriles is 1. The summed E-state index contributed by atoms with van der Waals surface area (Å²) >= 11 is 1.83. The van der Waals surface area contributed by atoms with Crippen molar-refractivity contribution in [1.29, 1.82) is 5.26 Å². The first kappa shape index (κ1) is 31.6. The maximum Gasteiger partial charge on any atom is 0.145 e. The van der Waals surface area contributed by atoms with Crippen LogP contribution in [0.15, 0.2) is 198 Å². The third kappa shape index (κ3) is 4.67. The fourth-order valence-corrected chi connectivity index (χ4v) is 10.2. The molecule has 1 aliphatic carbocycles. The van der Waals surface area contributed by atoms with Crippen LogP contribution in [0.4, 0.5) is 0 Å². The molecule has 11 rings (SSSR count). The molecule has 2 aliphatic rings. The summed E-state index contributed by atoms with van der Waals surface area (Å²) in [5, 5.41) is 10.5. The van der Waals surface area contributed by atoms with Gasteiger partial charge in [-0.25, -0.2) is 4.98 Å². The summed E-state index contributed by atoms with van der Waals surface area (Å²) in [5.74, 6) is 0.911. The van der Waals surface area contributed by atoms with E-state index in [0.717, 1.165) is 61.5 Å². The van der Waals surface area contributed by atoms with Crippen LogP contribution in [-0.4, -0.2) is 9.55 Å². The van der Waals surface area contributed by atoms with Gasteiger partial charge in [-0.1, -0.05) is 139 Å². The number of hydrogen-bond donors (Lipinski definition) is 0. The number of imidazole rings is 1. The first-order valence-corrected chi connectivity index (χ1v) is 19.3. The van der Waals surface area contributed by atoms with E-state index < -0.39 is 5.41 Å². The zero-order valence-electron chi connectivity index (χ0n) is 29.6. The van der Waals surface area contributed by atoms with Crippen LogP contribution in [-0.2, 0) is 5.41 Å². The largest absolute Gasteiger partial charge is 0.292 e. The molecule has 2 heterocycles. The van der Waals surface area contributed by atoms with Crippen LogP contribution in [0.5, 0.6) is 0 Å². The van der Waals surface area contributed by atoms with Gasteiger partial charge in [-0.05, 0) is 111 Å². The van der Waals surface area contributed by atoms with Gasteiger partial charge in [0.1, 0.15) is 5.82 Å². The van der Waals surface area contributed by atoms with Gasteiger partial charge in [0.15, 0.2) is 0 Å². The molecule has 1 aromatic heterocycles. The highest BCUT2D eigenvalue weighted by molar-refractivity contribution is 7.99. The van der Waals surface area contributed by atoms with E-state index in [1.165, 1.54) is 32.0 Å². The van der Waals surface area contributed by atoms with Gasteiger partial charge in [0.2, 0.25) is 0 Å². The van der Waals surface area contributed by atoms with Crippen molar-refractivity contribution in [3.05, 3.63) is 216 Å². The molecule has 1 aliphatic heterocycles. The Balaban J connectivity index is 1.06. The van der Waals surface area contributed by atoms with Crippen LogP contribution in [0.1, 0.15) is 27.8 Å². The standard InChI is InChI=1S/C51H31N3S/c52-32-38-17-12-22-44-49(38)40-31-36(27-28-41(40)51(44)42-20-4-8-25-47(42)55-48-26-9-5-21-43(48)51)34-14-10-13-33(29-34)35-15-11-16-37(30-35)50-53-45-23-6-7-24-46(45)54(50)39-18-2-1-3-19-39/h1-31H. The minimum absolute atomic E-state index is 0.521. The summed E-state index contributed by atoms with van der Waals surface area (Å²) in [6.07, 6.45) is 0. The van der Waals surface area contributed by atoms with Gasteiger partial charge in [0.25, 0.3) is 0 Å². The second-order valence-electron chi connectivity index (χ2n) is 14.2. The number of aromatic nitrogens is 2. The van der Waals surface area contributed by atoms with Gasteiger partial charge < -0.3 is 0 Å². The lowest BCUT2D eigenvalue weighted by atomic mass is 9.67. The first-order valence-electron chi connectivity index (χ1n) is 18.5. The lowest BCUT2D eigenvalue weighted by molar-refractivity contribution is 0.722. The zero-order chi connectivity index (χ0) is 36.5. The van der Waals surface area contributed by atoms with Gasteiger partial charge in [0.05, 0.1) is 28.1 Å². The Bertz CT molecular complexity index is 3000. The van der Waals surface area contributed by atoms with Crippen molar-refractivity contribution in [2.45, 2.75) is 15.2 Å². The Labute approximate surface area is 323 Å². The number of hydrogen-bond acceptors (Lipinski definition) is 3. The van der Waals surface area contributed by atoms with Crippen LogP contribution in [0, 0.1) is 11.3 Å². The summed E-state index contributed by atoms with van der Waals surface area (Å²) < 4.78 is 2.25. The SMILES string of the molecule is N#Cc1cccc2c1-c1cc(-c3cccc(-c4cccc(-c5nc6ccccc6n5-c5ccccc5)c4)c3)ccc1C21c2ccccc2Sc2ccccc21. The van der Waals surface area contributed by atoms with Crippen LogP contribution in [0.2, 0.25) is 0 Å². The highest BCUT2D eigenvalue weighted by Gasteiger charge is 2.50. The predicted octanol–water partition coefficient (Wildman–Crippen LogP) is 12.7. The lowest BCUT2D eigenvalue weighted by Gasteiger charge is -2.39. The molecule has 3 nitrogen and oxygen atoms in total. The molecule has 0 radical (unpaired) electrons. The Morgan fingerprint density at radius 2 is 1.07 bits per heavy atom. The number of nitrogens with zero attached hydrogens (tertiary/aromatic N) is 3. The van der Waals surface area contributed by atoms with E-state index in [4.69, 9.17) is 4.98 Å². The molecule has 0 saturated carbocycles. The second-order valence-corrected chi connectivity index (χ2v) is 15.3. The molecule has 0 saturated heterocycles. The maximum absolute atomic E-state index is 10.5. The number of rotatable bonds is 4. The first-order chi connectivity index (χ1) is 27.2. The molecule has 4 heteroatoms. The normalized spacial score (nSPS) is 13.1. The number of fused-ring (bicyclic) bond motifs is 10. The van der Waals surface area contributed by atoms with E-state index in [2.05, 4.69) is 174 Å². The van der Waals surface area contributed by atoms with Crippen LogP contribution < -0.4 is 0 Å². The molecule has 8 aromatic carbocycles. The molecule has 55 heavy (non-hydrogen) atoms. The van der Waals surface area contributed by atoms with E-state index in [-0.39, 0.29) is 0 Å². The van der Waals surface area contributed by atoms with Crippen molar-refractivity contribution in [3.8, 4) is 56.5 Å². The average Bonchev–Trinajstić information content (AvgIpc) is 3.79. The lowest BCUT2D eigenvalue weighted by Crippen LogP contribution is -2.31. The summed E-state index contributed by atoms with van der Waals surface area (Å²) in [6.45, 7) is 0. The highest BCUT2D eigenvalue weighted by atomic mass is 32.2. The molecule has 9 aromatic rings. The monoisotopic (exact) mass is 717 g/mol. The zero-order valence-corrected chi connectivity index (χ0v) is 30.5. The Morgan fingerprint density at radius 1 is 0.491 bits per heavy atom. The van der Waals surface area contributed by atoms with Crippen molar-refractivity contribution in [1.82, 2.24) is 9.55 Å². The average molecular weight is 718 g/mol. The van der Waals surface area contributed by atoms with Crippen LogP contribution in [0.25, 0.3) is 61.5 Å². The van der Waals surface area contributed by atoms with E-state index >= 15 is 0 Å². The summed E-state index contributed by atoms with van der Waals surface area (Å²) in [6, 6.07) is 69.5. The van der Waals surface area contributed by atoms with Gasteiger partial charge in [-0.15, -0.1) is 0 Å². The van der Waals surface area contributed by atoms with Gasteiger partial charge >= 0.3 is 0 Å². The highest BCUT2D eigenvalue weighted by Crippen LogP contribution is 2.62. The summed E-state index contributed by atoms with van der Waals surface area (Å²) in [7, 11) is 0. The minimum Gasteiger partial charge on any atom is -0.292 e. The van der Waals surface area contributed by atoms with Crippen LogP contribution >= 0.6 is 11.8 Å². The van der Waals surface area contributed by atoms with E-state index in [1.54, 1.807) is 0 Å². The van der Waals surface area contributed by atoms with Crippen molar-refractivity contribution in [3.63, 3.8) is 0 Å². The quantitative estimate of drug-likeness (QED) is 0.182. The predicted molar refractivity (Wildman–Crippen MR) is 224 cm³/mol. The van der Waals surface area contributed by atoms with Crippen molar-refractivity contribution >= 4 is 22.8 Å². The molecule has 256 valence electrons. The second kappa shape index (κ2) is 12.3. The molecule has 0 amide bonds. The molecule has 0 N–H and O–H groups in total. The van der Waals surface area contributed by atoms with Crippen molar-refractivity contribution < 1.29 is 0 Å². The number of benzene rings is 8. The fourth-order valence-electron chi connectivity index (χ4n) is 9.00. The fraction of sp³-hybridized carbons (Fsp3) is 0.0196. The molecule has 0 bridgehead atoms. The van der Waals surface area contributed by atoms with Crippen molar-refractivity contribution in [2.75, 3.05) is 0 Å². The summed E-state index contributed by atoms with van der Waals surface area (Å²) in [4.78, 5) is 7.63. The smallest absolute Gasteiger partial charge is 0.145 e. The summed E-state index contributed by atoms with van der Waals surface area (Å²) in [5.41, 5.74) is 15.9. The van der Waals surface area contributed by atoms with Gasteiger partial charge in [-0.3, -0.25) is 4.57 Å². The molecular weight excluding hydrogens is 687 g/mol. The third-order valence-electron chi connectivity index (χ3n) is 11.3. The van der Waals surface area contributed by atoms with E-state index in [0.29, 0.717) is 5.56 Å².